The number of rotatable bonds is 6. The fourth-order valence-electron chi connectivity index (χ4n) is 5.61. The molecule has 6 nitrogen and oxygen atoms in total. The number of anilines is 1. The maximum absolute atomic E-state index is 13.2. The summed E-state index contributed by atoms with van der Waals surface area (Å²) in [5, 5.41) is 0.979. The van der Waals surface area contributed by atoms with E-state index in [9.17, 15) is 13.2 Å². The van der Waals surface area contributed by atoms with Crippen molar-refractivity contribution in [3.63, 3.8) is 0 Å². The van der Waals surface area contributed by atoms with E-state index in [4.69, 9.17) is 0 Å². The minimum Gasteiger partial charge on any atom is -0.311 e. The van der Waals surface area contributed by atoms with Crippen molar-refractivity contribution in [2.24, 2.45) is 7.05 Å². The Labute approximate surface area is 231 Å². The van der Waals surface area contributed by atoms with E-state index in [2.05, 4.69) is 55.1 Å². The number of fused-ring (bicyclic) bond motifs is 1. The fraction of sp³-hybridized carbons (Fsp3) is 0.344. The highest BCUT2D eigenvalue weighted by atomic mass is 32.2. The van der Waals surface area contributed by atoms with Crippen LogP contribution in [-0.2, 0) is 17.1 Å². The predicted octanol–water partition coefficient (Wildman–Crippen LogP) is 5.86. The lowest BCUT2D eigenvalue weighted by Gasteiger charge is -2.34. The normalized spacial score (nSPS) is 15.2. The average molecular weight is 544 g/mol. The standard InChI is InChI=1S/C32H37N3O3S/c1-22(2)35-18-16-25(17-19-35)23-6-8-24(9-7-23)27-12-15-31-28(20-27)21-30(32(36)33(31)3)26-10-13-29(14-11-26)34(4)39(5,37)38/h6-15,20-22,25H,16-19H2,1-5H3. The monoisotopic (exact) mass is 543 g/mol. The van der Waals surface area contributed by atoms with Gasteiger partial charge >= 0.3 is 0 Å². The highest BCUT2D eigenvalue weighted by Crippen LogP contribution is 2.32. The van der Waals surface area contributed by atoms with Crippen molar-refractivity contribution in [1.82, 2.24) is 9.47 Å². The van der Waals surface area contributed by atoms with Crippen molar-refractivity contribution in [1.29, 1.82) is 0 Å². The Bertz CT molecular complexity index is 1650. The zero-order valence-electron chi connectivity index (χ0n) is 23.4. The summed E-state index contributed by atoms with van der Waals surface area (Å²) in [4.78, 5) is 15.8. The lowest BCUT2D eigenvalue weighted by molar-refractivity contribution is 0.172. The number of aromatic nitrogens is 1. The Kier molecular flexibility index (Phi) is 7.40. The molecule has 0 aliphatic carbocycles. The van der Waals surface area contributed by atoms with Gasteiger partial charge in [0.1, 0.15) is 0 Å². The minimum absolute atomic E-state index is 0.0904. The number of hydrogen-bond donors (Lipinski definition) is 0. The van der Waals surface area contributed by atoms with Gasteiger partial charge in [0.05, 0.1) is 17.5 Å². The molecule has 0 atom stereocenters. The zero-order chi connectivity index (χ0) is 27.9. The molecular formula is C32H37N3O3S. The van der Waals surface area contributed by atoms with Gasteiger partial charge in [0.15, 0.2) is 0 Å². The zero-order valence-corrected chi connectivity index (χ0v) is 24.2. The first-order valence-corrected chi connectivity index (χ1v) is 15.4. The molecule has 1 aliphatic heterocycles. The van der Waals surface area contributed by atoms with Crippen LogP contribution in [-0.4, -0.2) is 50.3 Å². The lowest BCUT2D eigenvalue weighted by atomic mass is 9.88. The molecule has 1 fully saturated rings. The summed E-state index contributed by atoms with van der Waals surface area (Å²) in [6, 6.07) is 24.8. The number of pyridine rings is 1. The molecule has 1 aliphatic rings. The maximum atomic E-state index is 13.2. The highest BCUT2D eigenvalue weighted by Gasteiger charge is 2.22. The van der Waals surface area contributed by atoms with Gasteiger partial charge < -0.3 is 9.47 Å². The van der Waals surface area contributed by atoms with Crippen LogP contribution in [0.15, 0.2) is 77.6 Å². The smallest absolute Gasteiger partial charge is 0.258 e. The molecule has 4 aromatic rings. The molecule has 2 heterocycles. The highest BCUT2D eigenvalue weighted by molar-refractivity contribution is 7.92. The van der Waals surface area contributed by atoms with Gasteiger partial charge in [-0.25, -0.2) is 8.42 Å². The molecule has 39 heavy (non-hydrogen) atoms. The second-order valence-corrected chi connectivity index (χ2v) is 13.0. The van der Waals surface area contributed by atoms with Crippen molar-refractivity contribution in [3.05, 3.63) is 88.7 Å². The summed E-state index contributed by atoms with van der Waals surface area (Å²) in [6.45, 7) is 6.87. The average Bonchev–Trinajstić information content (AvgIpc) is 2.94. The van der Waals surface area contributed by atoms with E-state index >= 15 is 0 Å². The van der Waals surface area contributed by atoms with E-state index < -0.39 is 10.0 Å². The van der Waals surface area contributed by atoms with Crippen molar-refractivity contribution >= 4 is 26.6 Å². The molecule has 5 rings (SSSR count). The van der Waals surface area contributed by atoms with E-state index in [-0.39, 0.29) is 5.56 Å². The van der Waals surface area contributed by atoms with Gasteiger partial charge in [-0.3, -0.25) is 9.10 Å². The van der Waals surface area contributed by atoms with Gasteiger partial charge in [-0.1, -0.05) is 42.5 Å². The molecule has 0 saturated carbocycles. The molecular weight excluding hydrogens is 506 g/mol. The van der Waals surface area contributed by atoms with E-state index in [0.29, 0.717) is 23.2 Å². The summed E-state index contributed by atoms with van der Waals surface area (Å²) >= 11 is 0. The molecule has 0 radical (unpaired) electrons. The van der Waals surface area contributed by atoms with Crippen LogP contribution in [0.1, 0.15) is 38.2 Å². The maximum Gasteiger partial charge on any atom is 0.258 e. The van der Waals surface area contributed by atoms with Crippen LogP contribution in [0.4, 0.5) is 5.69 Å². The van der Waals surface area contributed by atoms with Crippen LogP contribution >= 0.6 is 0 Å². The van der Waals surface area contributed by atoms with Gasteiger partial charge in [0.2, 0.25) is 10.0 Å². The van der Waals surface area contributed by atoms with Crippen LogP contribution < -0.4 is 9.86 Å². The number of likely N-dealkylation sites (tertiary alicyclic amines) is 1. The number of aryl methyl sites for hydroxylation is 1. The molecule has 1 saturated heterocycles. The summed E-state index contributed by atoms with van der Waals surface area (Å²) in [5.41, 5.74) is 6.34. The van der Waals surface area contributed by atoms with Crippen molar-refractivity contribution in [2.75, 3.05) is 30.7 Å². The summed E-state index contributed by atoms with van der Waals surface area (Å²) < 4.78 is 26.7. The Balaban J connectivity index is 1.43. The third-order valence-electron chi connectivity index (χ3n) is 8.24. The molecule has 1 aromatic heterocycles. The molecule has 0 unspecified atom stereocenters. The van der Waals surface area contributed by atoms with Crippen LogP contribution in [0.5, 0.6) is 0 Å². The second kappa shape index (κ2) is 10.6. The molecule has 0 N–H and O–H groups in total. The molecule has 0 amide bonds. The number of hydrogen-bond acceptors (Lipinski definition) is 4. The quantitative estimate of drug-likeness (QED) is 0.306. The van der Waals surface area contributed by atoms with Gasteiger partial charge in [-0.05, 0) is 104 Å². The SMILES string of the molecule is CC(C)N1CCC(c2ccc(-c3ccc4c(c3)cc(-c3ccc(N(C)S(C)(=O)=O)cc3)c(=O)n4C)cc2)CC1. The van der Waals surface area contributed by atoms with Gasteiger partial charge in [0.25, 0.3) is 5.56 Å². The Morgan fingerprint density at radius 3 is 2.03 bits per heavy atom. The van der Waals surface area contributed by atoms with Gasteiger partial charge in [0, 0.05) is 25.7 Å². The van der Waals surface area contributed by atoms with Crippen LogP contribution in [0.2, 0.25) is 0 Å². The lowest BCUT2D eigenvalue weighted by Crippen LogP contribution is -2.37. The van der Waals surface area contributed by atoms with Crippen LogP contribution in [0, 0.1) is 0 Å². The number of benzene rings is 3. The minimum atomic E-state index is -3.36. The summed E-state index contributed by atoms with van der Waals surface area (Å²) in [7, 11) is -0.0500. The molecule has 0 bridgehead atoms. The van der Waals surface area contributed by atoms with Crippen molar-refractivity contribution < 1.29 is 8.42 Å². The Morgan fingerprint density at radius 2 is 1.44 bits per heavy atom. The first-order valence-electron chi connectivity index (χ1n) is 13.6. The van der Waals surface area contributed by atoms with Crippen LogP contribution in [0.3, 0.4) is 0 Å². The Hall–Kier alpha value is -3.42. The van der Waals surface area contributed by atoms with Crippen molar-refractivity contribution in [2.45, 2.75) is 38.6 Å². The number of nitrogens with zero attached hydrogens (tertiary/aromatic N) is 3. The number of piperidine rings is 1. The van der Waals surface area contributed by atoms with E-state index in [0.717, 1.165) is 40.7 Å². The van der Waals surface area contributed by atoms with E-state index in [1.54, 1.807) is 35.9 Å². The first-order chi connectivity index (χ1) is 18.5. The van der Waals surface area contributed by atoms with E-state index in [1.807, 2.05) is 12.1 Å². The van der Waals surface area contributed by atoms with Crippen molar-refractivity contribution in [3.8, 4) is 22.3 Å². The topological polar surface area (TPSA) is 62.6 Å². The molecule has 0 spiro atoms. The Morgan fingerprint density at radius 1 is 0.846 bits per heavy atom. The first kappa shape index (κ1) is 27.2. The molecule has 3 aromatic carbocycles. The largest absolute Gasteiger partial charge is 0.311 e. The van der Waals surface area contributed by atoms with Crippen LogP contribution in [0.25, 0.3) is 33.2 Å². The predicted molar refractivity (Wildman–Crippen MR) is 162 cm³/mol. The van der Waals surface area contributed by atoms with Gasteiger partial charge in [-0.2, -0.15) is 0 Å². The second-order valence-electron chi connectivity index (χ2n) is 11.0. The molecule has 204 valence electrons. The number of sulfonamides is 1. The summed E-state index contributed by atoms with van der Waals surface area (Å²) in [5.74, 6) is 0.617. The third-order valence-corrected chi connectivity index (χ3v) is 9.44. The fourth-order valence-corrected chi connectivity index (χ4v) is 6.11. The van der Waals surface area contributed by atoms with E-state index in [1.165, 1.54) is 36.0 Å². The molecule has 7 heteroatoms. The van der Waals surface area contributed by atoms with Gasteiger partial charge in [-0.15, -0.1) is 0 Å². The summed E-state index contributed by atoms with van der Waals surface area (Å²) in [6.07, 6.45) is 3.58. The third kappa shape index (κ3) is 5.52.